The van der Waals surface area contributed by atoms with Crippen molar-refractivity contribution in [3.05, 3.63) is 35.4 Å². The molecule has 0 spiro atoms. The van der Waals surface area contributed by atoms with Gasteiger partial charge < -0.3 is 9.84 Å². The van der Waals surface area contributed by atoms with Gasteiger partial charge in [0.15, 0.2) is 17.7 Å². The zero-order valence-electron chi connectivity index (χ0n) is 9.34. The molecule has 1 aromatic rings. The van der Waals surface area contributed by atoms with Crippen LogP contribution in [0.15, 0.2) is 18.2 Å². The van der Waals surface area contributed by atoms with Crippen LogP contribution >= 0.6 is 0 Å². The van der Waals surface area contributed by atoms with E-state index >= 15 is 0 Å². The highest BCUT2D eigenvalue weighted by Crippen LogP contribution is 2.25. The van der Waals surface area contributed by atoms with E-state index in [1.165, 1.54) is 0 Å². The summed E-state index contributed by atoms with van der Waals surface area (Å²) in [5, 5.41) is 9.44. The molecule has 0 saturated heterocycles. The van der Waals surface area contributed by atoms with E-state index in [1.807, 2.05) is 0 Å². The van der Waals surface area contributed by atoms with Gasteiger partial charge in [0.05, 0.1) is 6.61 Å². The number of benzene rings is 1. The van der Waals surface area contributed by atoms with E-state index in [4.69, 9.17) is 0 Å². The molecule has 0 aliphatic heterocycles. The van der Waals surface area contributed by atoms with Crippen molar-refractivity contribution in [2.75, 3.05) is 6.61 Å². The van der Waals surface area contributed by atoms with Crippen LogP contribution < -0.4 is 0 Å². The lowest BCUT2D eigenvalue weighted by atomic mass is 10.1. The summed E-state index contributed by atoms with van der Waals surface area (Å²) in [7, 11) is 0. The molecule has 2 nitrogen and oxygen atoms in total. The molecule has 0 bridgehead atoms. The van der Waals surface area contributed by atoms with Crippen LogP contribution in [0.1, 0.15) is 18.6 Å². The van der Waals surface area contributed by atoms with Crippen molar-refractivity contribution in [2.24, 2.45) is 0 Å². The Kier molecular flexibility index (Phi) is 4.64. The normalized spacial score (nSPS) is 15.5. The minimum Gasteiger partial charge on any atom is -0.386 e. The Hall–Kier alpha value is -1.21. The molecule has 1 aromatic carbocycles. The van der Waals surface area contributed by atoms with E-state index in [2.05, 4.69) is 4.74 Å². The van der Waals surface area contributed by atoms with Crippen LogP contribution in [0.3, 0.4) is 0 Å². The molecule has 2 atom stereocenters. The van der Waals surface area contributed by atoms with Gasteiger partial charge in [0.25, 0.3) is 0 Å². The first-order valence-corrected chi connectivity index (χ1v) is 5.03. The van der Waals surface area contributed by atoms with Gasteiger partial charge in [-0.2, -0.15) is 13.2 Å². The Labute approximate surface area is 100.0 Å². The molecular weight excluding hydrogens is 259 g/mol. The lowest BCUT2D eigenvalue weighted by Gasteiger charge is -2.19. The molecule has 0 amide bonds. The van der Waals surface area contributed by atoms with Crippen molar-refractivity contribution in [1.29, 1.82) is 0 Å². The van der Waals surface area contributed by atoms with Gasteiger partial charge in [-0.3, -0.25) is 0 Å². The van der Waals surface area contributed by atoms with Crippen LogP contribution in [-0.2, 0) is 4.74 Å². The fraction of sp³-hybridized carbons (Fsp3) is 0.455. The molecule has 2 unspecified atom stereocenters. The summed E-state index contributed by atoms with van der Waals surface area (Å²) in [4.78, 5) is 0. The summed E-state index contributed by atoms with van der Waals surface area (Å²) in [5.41, 5.74) is -0.440. The summed E-state index contributed by atoms with van der Waals surface area (Å²) in [6.45, 7) is -0.0182. The number of ether oxygens (including phenoxy) is 1. The van der Waals surface area contributed by atoms with Gasteiger partial charge >= 0.3 is 6.18 Å². The van der Waals surface area contributed by atoms with E-state index in [-0.39, 0.29) is 0 Å². The number of hydrogen-bond donors (Lipinski definition) is 1. The molecule has 0 saturated carbocycles. The zero-order chi connectivity index (χ0) is 13.9. The maximum atomic E-state index is 13.2. The molecule has 0 aliphatic carbocycles. The number of alkyl halides is 3. The standard InChI is InChI=1S/C11H11F5O2/c1-6(11(14,15)16)18-5-9(17)7-3-2-4-8(12)10(7)13/h2-4,6,9,17H,5H2,1H3. The van der Waals surface area contributed by atoms with Crippen molar-refractivity contribution in [3.8, 4) is 0 Å². The van der Waals surface area contributed by atoms with Gasteiger partial charge in [-0.05, 0) is 13.0 Å². The van der Waals surface area contributed by atoms with Gasteiger partial charge in [-0.1, -0.05) is 12.1 Å². The van der Waals surface area contributed by atoms with Crippen molar-refractivity contribution in [1.82, 2.24) is 0 Å². The van der Waals surface area contributed by atoms with Gasteiger partial charge in [0.1, 0.15) is 6.10 Å². The third-order valence-electron chi connectivity index (χ3n) is 2.31. The van der Waals surface area contributed by atoms with Crippen LogP contribution in [0.5, 0.6) is 0 Å². The van der Waals surface area contributed by atoms with Crippen molar-refractivity contribution < 1.29 is 31.8 Å². The topological polar surface area (TPSA) is 29.5 Å². The largest absolute Gasteiger partial charge is 0.414 e. The van der Waals surface area contributed by atoms with Crippen LogP contribution in [0.2, 0.25) is 0 Å². The van der Waals surface area contributed by atoms with Crippen LogP contribution in [0, 0.1) is 11.6 Å². The molecule has 0 aromatic heterocycles. The number of halogens is 5. The fourth-order valence-electron chi connectivity index (χ4n) is 1.20. The maximum Gasteiger partial charge on any atom is 0.414 e. The van der Waals surface area contributed by atoms with E-state index < -0.39 is 42.2 Å². The summed E-state index contributed by atoms with van der Waals surface area (Å²) in [6, 6.07) is 3.06. The first-order chi connectivity index (χ1) is 8.23. The van der Waals surface area contributed by atoms with E-state index in [0.717, 1.165) is 25.1 Å². The highest BCUT2D eigenvalue weighted by atomic mass is 19.4. The number of rotatable bonds is 4. The predicted molar refractivity (Wildman–Crippen MR) is 52.8 cm³/mol. The zero-order valence-corrected chi connectivity index (χ0v) is 9.34. The Bertz CT molecular complexity index is 405. The monoisotopic (exact) mass is 270 g/mol. The van der Waals surface area contributed by atoms with E-state index in [0.29, 0.717) is 0 Å². The van der Waals surface area contributed by atoms with Gasteiger partial charge in [0, 0.05) is 5.56 Å². The second-order valence-electron chi connectivity index (χ2n) is 3.68. The average Bonchev–Trinajstić information content (AvgIpc) is 2.27. The number of aliphatic hydroxyl groups excluding tert-OH is 1. The molecule has 102 valence electrons. The van der Waals surface area contributed by atoms with Crippen molar-refractivity contribution in [3.63, 3.8) is 0 Å². The number of aliphatic hydroxyl groups is 1. The summed E-state index contributed by atoms with van der Waals surface area (Å²) in [5.74, 6) is -2.48. The van der Waals surface area contributed by atoms with Crippen LogP contribution in [-0.4, -0.2) is 24.0 Å². The molecule has 7 heteroatoms. The first-order valence-electron chi connectivity index (χ1n) is 5.03. The molecule has 0 fully saturated rings. The van der Waals surface area contributed by atoms with Crippen molar-refractivity contribution in [2.45, 2.75) is 25.3 Å². The van der Waals surface area contributed by atoms with E-state index in [9.17, 15) is 27.1 Å². The summed E-state index contributed by atoms with van der Waals surface area (Å²) in [6.07, 6.45) is -8.32. The van der Waals surface area contributed by atoms with E-state index in [1.54, 1.807) is 0 Å². The molecule has 1 rings (SSSR count). The Morgan fingerprint density at radius 3 is 2.44 bits per heavy atom. The second kappa shape index (κ2) is 5.62. The van der Waals surface area contributed by atoms with Gasteiger partial charge in [0.2, 0.25) is 0 Å². The summed E-state index contributed by atoms with van der Waals surface area (Å²) >= 11 is 0. The Balaban J connectivity index is 2.66. The smallest absolute Gasteiger partial charge is 0.386 e. The molecule has 0 radical (unpaired) electrons. The minimum absolute atomic E-state index is 0.440. The van der Waals surface area contributed by atoms with Crippen LogP contribution in [0.25, 0.3) is 0 Å². The quantitative estimate of drug-likeness (QED) is 0.852. The fourth-order valence-corrected chi connectivity index (χ4v) is 1.20. The average molecular weight is 270 g/mol. The SMILES string of the molecule is CC(OCC(O)c1cccc(F)c1F)C(F)(F)F. The molecule has 1 N–H and O–H groups in total. The maximum absolute atomic E-state index is 13.2. The second-order valence-corrected chi connectivity index (χ2v) is 3.68. The Morgan fingerprint density at radius 1 is 1.28 bits per heavy atom. The van der Waals surface area contributed by atoms with Gasteiger partial charge in [-0.15, -0.1) is 0 Å². The van der Waals surface area contributed by atoms with Crippen LogP contribution in [0.4, 0.5) is 22.0 Å². The summed E-state index contributed by atoms with van der Waals surface area (Å²) < 4.78 is 66.7. The predicted octanol–water partition coefficient (Wildman–Crippen LogP) is 2.97. The van der Waals surface area contributed by atoms with Crippen molar-refractivity contribution >= 4 is 0 Å². The highest BCUT2D eigenvalue weighted by molar-refractivity contribution is 5.21. The Morgan fingerprint density at radius 2 is 1.89 bits per heavy atom. The highest BCUT2D eigenvalue weighted by Gasteiger charge is 2.37. The molecular formula is C11H11F5O2. The first kappa shape index (κ1) is 14.8. The number of hydrogen-bond acceptors (Lipinski definition) is 2. The van der Waals surface area contributed by atoms with Gasteiger partial charge in [-0.25, -0.2) is 8.78 Å². The third-order valence-corrected chi connectivity index (χ3v) is 2.31. The minimum atomic E-state index is -4.57. The molecule has 0 heterocycles. The lowest BCUT2D eigenvalue weighted by molar-refractivity contribution is -0.219. The lowest BCUT2D eigenvalue weighted by Crippen LogP contribution is -2.30. The molecule has 18 heavy (non-hydrogen) atoms. The molecule has 0 aliphatic rings. The third kappa shape index (κ3) is 3.64.